The van der Waals surface area contributed by atoms with E-state index in [1.165, 1.54) is 24.6 Å². The molecule has 8 heteroatoms. The minimum atomic E-state index is -1.37. The van der Waals surface area contributed by atoms with Gasteiger partial charge in [-0.1, -0.05) is 84.9 Å². The molecule has 0 bridgehead atoms. The third kappa shape index (κ3) is 5.31. The van der Waals surface area contributed by atoms with Gasteiger partial charge in [0.1, 0.15) is 0 Å². The van der Waals surface area contributed by atoms with Crippen molar-refractivity contribution >= 4 is 55.5 Å². The van der Waals surface area contributed by atoms with Crippen LogP contribution >= 0.6 is 0 Å². The second kappa shape index (κ2) is 12.9. The van der Waals surface area contributed by atoms with Crippen LogP contribution in [0.2, 0.25) is 0 Å². The predicted octanol–water partition coefficient (Wildman–Crippen LogP) is 9.54. The third-order valence-electron chi connectivity index (χ3n) is 9.65. The summed E-state index contributed by atoms with van der Waals surface area (Å²) in [5, 5.41) is 50.8. The number of phenols is 4. The molecule has 8 aromatic carbocycles. The molecular weight excluding hydrogens is 726 g/mol. The molecule has 9 rings (SSSR count). The van der Waals surface area contributed by atoms with Crippen LogP contribution in [0.5, 0.6) is 23.0 Å². The number of aliphatic imine (C=N–C) groups is 2. The Balaban J connectivity index is 0.00000203. The number of aromatic hydroxyl groups is 4. The van der Waals surface area contributed by atoms with Crippen LogP contribution in [0.3, 0.4) is 0 Å². The van der Waals surface area contributed by atoms with Gasteiger partial charge < -0.3 is 20.4 Å². The molecule has 0 heterocycles. The zero-order valence-corrected chi connectivity index (χ0v) is 28.6. The summed E-state index contributed by atoms with van der Waals surface area (Å²) < 4.78 is 0. The molecule has 0 radical (unpaired) electrons. The third-order valence-corrected chi connectivity index (χ3v) is 9.65. The van der Waals surface area contributed by atoms with Crippen molar-refractivity contribution < 1.29 is 53.4 Å². The topological polar surface area (TPSA) is 106 Å². The van der Waals surface area contributed by atoms with Crippen LogP contribution in [0.25, 0.3) is 54.2 Å². The van der Waals surface area contributed by atoms with Gasteiger partial charge in [0.15, 0.2) is 23.0 Å². The number of hydrogen-bond acceptors (Lipinski definition) is 6. The second-order valence-corrected chi connectivity index (χ2v) is 12.4. The first-order valence-corrected chi connectivity index (χ1v) is 16.0. The van der Waals surface area contributed by atoms with Crippen LogP contribution in [0, 0.1) is 0 Å². The summed E-state index contributed by atoms with van der Waals surface area (Å²) in [7, 11) is 0. The van der Waals surface area contributed by atoms with E-state index in [9.17, 15) is 20.4 Å². The summed E-state index contributed by atoms with van der Waals surface area (Å²) in [6, 6.07) is 43.2. The van der Waals surface area contributed by atoms with Crippen molar-refractivity contribution in [1.29, 1.82) is 0 Å². The number of benzene rings is 8. The molecule has 0 amide bonds. The van der Waals surface area contributed by atoms with Gasteiger partial charge in [-0.05, 0) is 103 Å². The molecule has 0 saturated carbocycles. The number of rotatable bonds is 4. The number of nitrogens with zero attached hydrogens (tertiary/aromatic N) is 2. The van der Waals surface area contributed by atoms with Gasteiger partial charge in [-0.2, -0.15) is 0 Å². The van der Waals surface area contributed by atoms with E-state index in [0.29, 0.717) is 11.1 Å². The smallest absolute Gasteiger partial charge is 0.202 e. The van der Waals surface area contributed by atoms with Crippen molar-refractivity contribution in [3.63, 3.8) is 0 Å². The molecule has 0 aromatic heterocycles. The van der Waals surface area contributed by atoms with Gasteiger partial charge in [-0.25, -0.2) is 0 Å². The van der Waals surface area contributed by atoms with Gasteiger partial charge >= 0.3 is 0 Å². The summed E-state index contributed by atoms with van der Waals surface area (Å²) in [5.41, 5.74) is 2.89. The Bertz CT molecular complexity index is 2550. The average Bonchev–Trinajstić information content (AvgIpc) is 3.41. The molecule has 0 saturated heterocycles. The largest absolute Gasteiger partial charge is 0.504 e. The maximum absolute atomic E-state index is 10.8. The van der Waals surface area contributed by atoms with Crippen molar-refractivity contribution in [3.05, 3.63) is 156 Å². The summed E-state index contributed by atoms with van der Waals surface area (Å²) in [6.07, 6.45) is 3.06. The quantitative estimate of drug-likeness (QED) is 0.0622. The Hall–Kier alpha value is -5.67. The Morgan fingerprint density at radius 1 is 0.412 bits per heavy atom. The molecule has 4 N–H and O–H groups in total. The van der Waals surface area contributed by atoms with Gasteiger partial charge in [0, 0.05) is 67.7 Å². The van der Waals surface area contributed by atoms with Gasteiger partial charge in [-0.3, -0.25) is 9.98 Å². The fraction of sp³-hybridized carbons (Fsp3) is 0.0233. The number of hydrogen-bond donors (Lipinski definition) is 4. The molecule has 0 aliphatic heterocycles. The van der Waals surface area contributed by atoms with Crippen LogP contribution in [0.4, 0.5) is 0 Å². The average molecular weight is 754 g/mol. The van der Waals surface area contributed by atoms with Crippen LogP contribution in [0.1, 0.15) is 22.3 Å². The van der Waals surface area contributed by atoms with E-state index < -0.39 is 5.66 Å². The maximum atomic E-state index is 10.8. The van der Waals surface area contributed by atoms with E-state index in [1.54, 1.807) is 24.3 Å². The summed E-state index contributed by atoms with van der Waals surface area (Å²) in [6.45, 7) is 0. The van der Waals surface area contributed by atoms with Crippen LogP contribution in [-0.2, 0) is 38.6 Å². The first-order chi connectivity index (χ1) is 23.9. The van der Waals surface area contributed by atoms with Gasteiger partial charge in [0.05, 0.1) is 0 Å². The molecule has 0 spiro atoms. The van der Waals surface area contributed by atoms with Crippen LogP contribution in [-0.4, -0.2) is 32.9 Å². The molecule has 0 atom stereocenters. The first kappa shape index (κ1) is 33.8. The summed E-state index contributed by atoms with van der Waals surface area (Å²) >= 11 is 0. The van der Waals surface area contributed by atoms with Crippen LogP contribution in [0.15, 0.2) is 143 Å². The molecular formula is C43H28N2Ni2O4. The Morgan fingerprint density at radius 3 is 1.22 bits per heavy atom. The van der Waals surface area contributed by atoms with Gasteiger partial charge in [-0.15, -0.1) is 0 Å². The minimum absolute atomic E-state index is 0. The molecule has 1 aliphatic rings. The predicted molar refractivity (Wildman–Crippen MR) is 197 cm³/mol. The monoisotopic (exact) mass is 752 g/mol. The normalized spacial score (nSPS) is 13.1. The zero-order chi connectivity index (χ0) is 33.3. The molecule has 1 aliphatic carbocycles. The van der Waals surface area contributed by atoms with Gasteiger partial charge in [0.2, 0.25) is 5.66 Å². The molecule has 254 valence electrons. The fourth-order valence-corrected chi connectivity index (χ4v) is 7.24. The number of fused-ring (bicyclic) bond motifs is 9. The number of phenolic OH excluding ortho intramolecular Hbond substituents is 4. The molecule has 0 fully saturated rings. The molecule has 6 nitrogen and oxygen atoms in total. The second-order valence-electron chi connectivity index (χ2n) is 12.4. The van der Waals surface area contributed by atoms with Crippen molar-refractivity contribution in [1.82, 2.24) is 0 Å². The van der Waals surface area contributed by atoms with E-state index in [-0.39, 0.29) is 56.0 Å². The van der Waals surface area contributed by atoms with E-state index in [1.807, 2.05) is 24.3 Å². The van der Waals surface area contributed by atoms with Gasteiger partial charge in [0.25, 0.3) is 0 Å². The van der Waals surface area contributed by atoms with E-state index in [2.05, 4.69) is 72.8 Å². The Labute approximate surface area is 312 Å². The SMILES string of the molecule is Oc1cccc(/C=N/C2(/N=C/c3cccc(O)c3O)c3ccc4cc5ccccc5cc4c3-c3c2ccc2cc4ccccc4cc32)c1O.[Ni].[Ni]. The fourth-order valence-electron chi connectivity index (χ4n) is 7.24. The Morgan fingerprint density at radius 2 is 0.804 bits per heavy atom. The van der Waals surface area contributed by atoms with Crippen molar-refractivity contribution in [2.45, 2.75) is 5.66 Å². The van der Waals surface area contributed by atoms with E-state index in [4.69, 9.17) is 9.98 Å². The van der Waals surface area contributed by atoms with Crippen molar-refractivity contribution in [2.24, 2.45) is 9.98 Å². The minimum Gasteiger partial charge on any atom is -0.504 e. The maximum Gasteiger partial charge on any atom is 0.202 e. The number of para-hydroxylation sites is 2. The van der Waals surface area contributed by atoms with E-state index >= 15 is 0 Å². The molecule has 51 heavy (non-hydrogen) atoms. The summed E-state index contributed by atoms with van der Waals surface area (Å²) in [5.74, 6) is -1.09. The molecule has 0 unspecified atom stereocenters. The standard InChI is InChI=1S/C43H28N2O4.2Ni/c46-37-13-5-11-31(41(37)48)23-44-43(45-24-32-12-6-14-38(47)42(32)49)35-17-15-29-19-25-7-1-3-9-27(25)21-33(29)39(35)40-34-22-28-10-4-2-8-26(28)20-30(34)16-18-36(40)43;;/h1-24,46-49H;;/b44-23+,45-24+;;. The summed E-state index contributed by atoms with van der Waals surface area (Å²) in [4.78, 5) is 10.4. The Kier molecular flexibility index (Phi) is 8.55. The molecule has 8 aromatic rings. The van der Waals surface area contributed by atoms with Crippen LogP contribution < -0.4 is 0 Å². The van der Waals surface area contributed by atoms with Crippen molar-refractivity contribution in [3.8, 4) is 34.1 Å². The first-order valence-electron chi connectivity index (χ1n) is 16.0. The van der Waals surface area contributed by atoms with Crippen molar-refractivity contribution in [2.75, 3.05) is 0 Å². The van der Waals surface area contributed by atoms with E-state index in [0.717, 1.165) is 65.3 Å². The zero-order valence-electron chi connectivity index (χ0n) is 26.7.